The van der Waals surface area contributed by atoms with E-state index in [0.29, 0.717) is 5.92 Å². The quantitative estimate of drug-likeness (QED) is 0.837. The van der Waals surface area contributed by atoms with Crippen LogP contribution in [0.15, 0.2) is 22.6 Å². The number of oxazole rings is 1. The first-order chi connectivity index (χ1) is 7.81. The summed E-state index contributed by atoms with van der Waals surface area (Å²) in [7, 11) is 0. The van der Waals surface area contributed by atoms with E-state index < -0.39 is 0 Å². The topological polar surface area (TPSA) is 38.1 Å². The average molecular weight is 216 g/mol. The van der Waals surface area contributed by atoms with Gasteiger partial charge in [-0.1, -0.05) is 6.07 Å². The number of aryl methyl sites for hydroxylation is 1. The van der Waals surface area contributed by atoms with Gasteiger partial charge in [0.05, 0.1) is 0 Å². The van der Waals surface area contributed by atoms with Gasteiger partial charge < -0.3 is 9.73 Å². The molecule has 1 aromatic carbocycles. The third kappa shape index (κ3) is 1.83. The summed E-state index contributed by atoms with van der Waals surface area (Å²) < 4.78 is 5.77. The van der Waals surface area contributed by atoms with Crippen LogP contribution in [0.25, 0.3) is 11.1 Å². The number of fused-ring (bicyclic) bond motifs is 1. The smallest absolute Gasteiger partial charge is 0.195 e. The van der Waals surface area contributed by atoms with Crippen molar-refractivity contribution in [3.63, 3.8) is 0 Å². The number of nitrogens with zero attached hydrogens (tertiary/aromatic N) is 1. The van der Waals surface area contributed by atoms with E-state index in [1.165, 1.54) is 12.0 Å². The summed E-state index contributed by atoms with van der Waals surface area (Å²) >= 11 is 0. The van der Waals surface area contributed by atoms with E-state index >= 15 is 0 Å². The second-order valence-electron chi connectivity index (χ2n) is 4.64. The largest absolute Gasteiger partial charge is 0.441 e. The maximum Gasteiger partial charge on any atom is 0.195 e. The van der Waals surface area contributed by atoms with Gasteiger partial charge in [0.25, 0.3) is 0 Å². The lowest BCUT2D eigenvalue weighted by Crippen LogP contribution is -2.10. The predicted octanol–water partition coefficient (Wildman–Crippen LogP) is 2.29. The molecule has 0 radical (unpaired) electrons. The molecule has 1 aliphatic heterocycles. The summed E-state index contributed by atoms with van der Waals surface area (Å²) in [4.78, 5) is 4.52. The third-order valence-electron chi connectivity index (χ3n) is 3.21. The van der Waals surface area contributed by atoms with Gasteiger partial charge in [-0.15, -0.1) is 0 Å². The highest BCUT2D eigenvalue weighted by atomic mass is 16.3. The molecule has 84 valence electrons. The molecule has 2 heterocycles. The predicted molar refractivity (Wildman–Crippen MR) is 63.4 cm³/mol. The lowest BCUT2D eigenvalue weighted by Gasteiger charge is -2.02. The van der Waals surface area contributed by atoms with Crippen molar-refractivity contribution >= 4 is 11.1 Å². The first-order valence-corrected chi connectivity index (χ1v) is 5.88. The molecule has 1 aliphatic rings. The van der Waals surface area contributed by atoms with Crippen molar-refractivity contribution in [3.8, 4) is 0 Å². The zero-order chi connectivity index (χ0) is 11.0. The van der Waals surface area contributed by atoms with Crippen molar-refractivity contribution in [1.29, 1.82) is 0 Å². The lowest BCUT2D eigenvalue weighted by molar-refractivity contribution is 0.462. The first-order valence-electron chi connectivity index (χ1n) is 5.88. The number of rotatable bonds is 2. The van der Waals surface area contributed by atoms with E-state index in [1.54, 1.807) is 0 Å². The second kappa shape index (κ2) is 3.91. The lowest BCUT2D eigenvalue weighted by atomic mass is 10.1. The summed E-state index contributed by atoms with van der Waals surface area (Å²) in [5.41, 5.74) is 3.12. The molecule has 1 fully saturated rings. The molecule has 2 aromatic rings. The summed E-state index contributed by atoms with van der Waals surface area (Å²) in [6, 6.07) is 6.16. The highest BCUT2D eigenvalue weighted by Crippen LogP contribution is 2.20. The fraction of sp³-hybridized carbons (Fsp3) is 0.462. The summed E-state index contributed by atoms with van der Waals surface area (Å²) in [5.74, 6) is 1.57. The molecule has 3 nitrogen and oxygen atoms in total. The Morgan fingerprint density at radius 3 is 3.25 bits per heavy atom. The maximum atomic E-state index is 5.77. The van der Waals surface area contributed by atoms with Gasteiger partial charge in [-0.25, -0.2) is 4.98 Å². The van der Waals surface area contributed by atoms with Gasteiger partial charge >= 0.3 is 0 Å². The summed E-state index contributed by atoms with van der Waals surface area (Å²) in [5, 5.41) is 3.37. The first kappa shape index (κ1) is 9.85. The molecule has 1 N–H and O–H groups in total. The summed E-state index contributed by atoms with van der Waals surface area (Å²) in [6.07, 6.45) is 2.19. The van der Waals surface area contributed by atoms with Crippen molar-refractivity contribution in [3.05, 3.63) is 29.7 Å². The molecule has 1 unspecified atom stereocenters. The number of hydrogen-bond acceptors (Lipinski definition) is 3. The fourth-order valence-electron chi connectivity index (χ4n) is 2.30. The summed E-state index contributed by atoms with van der Waals surface area (Å²) in [6.45, 7) is 4.30. The molecule has 1 saturated heterocycles. The Bertz CT molecular complexity index is 498. The molecule has 0 bridgehead atoms. The van der Waals surface area contributed by atoms with Gasteiger partial charge in [0.2, 0.25) is 0 Å². The van der Waals surface area contributed by atoms with Crippen molar-refractivity contribution in [2.75, 3.05) is 13.1 Å². The maximum absolute atomic E-state index is 5.77. The van der Waals surface area contributed by atoms with E-state index in [0.717, 1.165) is 36.5 Å². The van der Waals surface area contributed by atoms with Crippen LogP contribution in [-0.2, 0) is 6.42 Å². The third-order valence-corrected chi connectivity index (χ3v) is 3.21. The molecule has 1 atom stereocenters. The van der Waals surface area contributed by atoms with Crippen LogP contribution in [0.4, 0.5) is 0 Å². The molecule has 0 amide bonds. The minimum atomic E-state index is 0.689. The molecule has 0 aliphatic carbocycles. The molecular weight excluding hydrogens is 200 g/mol. The van der Waals surface area contributed by atoms with Crippen LogP contribution < -0.4 is 5.32 Å². The SMILES string of the molecule is Cc1ccc2nc(CC3CCNC3)oc2c1. The van der Waals surface area contributed by atoms with Crippen LogP contribution >= 0.6 is 0 Å². The van der Waals surface area contributed by atoms with E-state index in [4.69, 9.17) is 4.42 Å². The van der Waals surface area contributed by atoms with Gasteiger partial charge in [0, 0.05) is 6.42 Å². The Balaban J connectivity index is 1.86. The zero-order valence-electron chi connectivity index (χ0n) is 9.49. The average Bonchev–Trinajstić information content (AvgIpc) is 2.86. The van der Waals surface area contributed by atoms with Crippen molar-refractivity contribution in [2.45, 2.75) is 19.8 Å². The molecular formula is C13H16N2O. The number of nitrogens with one attached hydrogen (secondary N) is 1. The number of aromatic nitrogens is 1. The highest BCUT2D eigenvalue weighted by Gasteiger charge is 2.17. The highest BCUT2D eigenvalue weighted by molar-refractivity contribution is 5.73. The minimum absolute atomic E-state index is 0.689. The van der Waals surface area contributed by atoms with E-state index in [1.807, 2.05) is 6.07 Å². The zero-order valence-corrected chi connectivity index (χ0v) is 9.49. The van der Waals surface area contributed by atoms with Crippen LogP contribution in [0.2, 0.25) is 0 Å². The molecule has 3 heteroatoms. The Hall–Kier alpha value is -1.35. The molecule has 0 spiro atoms. The normalized spacial score (nSPS) is 20.7. The Labute approximate surface area is 94.9 Å². The molecule has 0 saturated carbocycles. The van der Waals surface area contributed by atoms with Crippen LogP contribution in [-0.4, -0.2) is 18.1 Å². The second-order valence-corrected chi connectivity index (χ2v) is 4.64. The van der Waals surface area contributed by atoms with Gasteiger partial charge in [-0.3, -0.25) is 0 Å². The fourth-order valence-corrected chi connectivity index (χ4v) is 2.30. The van der Waals surface area contributed by atoms with Gasteiger partial charge in [-0.05, 0) is 50.0 Å². The van der Waals surface area contributed by atoms with Crippen molar-refractivity contribution < 1.29 is 4.42 Å². The van der Waals surface area contributed by atoms with Crippen LogP contribution in [0.1, 0.15) is 17.9 Å². The minimum Gasteiger partial charge on any atom is -0.441 e. The molecule has 1 aromatic heterocycles. The van der Waals surface area contributed by atoms with Crippen LogP contribution in [0, 0.1) is 12.8 Å². The van der Waals surface area contributed by atoms with Gasteiger partial charge in [-0.2, -0.15) is 0 Å². The van der Waals surface area contributed by atoms with Crippen molar-refractivity contribution in [2.24, 2.45) is 5.92 Å². The van der Waals surface area contributed by atoms with Gasteiger partial charge in [0.1, 0.15) is 5.52 Å². The number of benzene rings is 1. The Morgan fingerprint density at radius 2 is 2.44 bits per heavy atom. The van der Waals surface area contributed by atoms with Crippen LogP contribution in [0.3, 0.4) is 0 Å². The molecule has 16 heavy (non-hydrogen) atoms. The van der Waals surface area contributed by atoms with Crippen LogP contribution in [0.5, 0.6) is 0 Å². The number of hydrogen-bond donors (Lipinski definition) is 1. The van der Waals surface area contributed by atoms with E-state index in [9.17, 15) is 0 Å². The van der Waals surface area contributed by atoms with E-state index in [-0.39, 0.29) is 0 Å². The standard InChI is InChI=1S/C13H16N2O/c1-9-2-3-11-12(6-9)16-13(15-11)7-10-4-5-14-8-10/h2-3,6,10,14H,4-5,7-8H2,1H3. The Kier molecular flexibility index (Phi) is 2.40. The molecule has 3 rings (SSSR count). The van der Waals surface area contributed by atoms with Crippen molar-refractivity contribution in [1.82, 2.24) is 10.3 Å². The van der Waals surface area contributed by atoms with Gasteiger partial charge in [0.15, 0.2) is 11.5 Å². The van der Waals surface area contributed by atoms with E-state index in [2.05, 4.69) is 29.4 Å². The monoisotopic (exact) mass is 216 g/mol. The Morgan fingerprint density at radius 1 is 1.50 bits per heavy atom.